The second-order valence-corrected chi connectivity index (χ2v) is 8.11. The second kappa shape index (κ2) is 12.2. The third-order valence-corrected chi connectivity index (χ3v) is 5.05. The van der Waals surface area contributed by atoms with Gasteiger partial charge < -0.3 is 20.7 Å². The summed E-state index contributed by atoms with van der Waals surface area (Å²) in [4.78, 5) is 11.8. The number of hydrogen-bond donors (Lipinski definition) is 3. The van der Waals surface area contributed by atoms with E-state index in [1.165, 1.54) is 12.1 Å². The minimum atomic E-state index is -4.39. The highest BCUT2D eigenvalue weighted by Crippen LogP contribution is 2.30. The Kier molecular flexibility index (Phi) is 9.93. The van der Waals surface area contributed by atoms with E-state index < -0.39 is 17.8 Å². The normalized spacial score (nSPS) is 11.2. The van der Waals surface area contributed by atoms with Gasteiger partial charge in [0.1, 0.15) is 5.75 Å². The van der Waals surface area contributed by atoms with Crippen LogP contribution in [0.5, 0.6) is 5.75 Å². The maximum absolute atomic E-state index is 12.5. The molecule has 0 bridgehead atoms. The van der Waals surface area contributed by atoms with Crippen LogP contribution in [0.3, 0.4) is 0 Å². The third-order valence-electron chi connectivity index (χ3n) is 3.94. The summed E-state index contributed by atoms with van der Waals surface area (Å²) in [5.74, 6) is 0.793. The summed E-state index contributed by atoms with van der Waals surface area (Å²) in [7, 11) is 0. The SMILES string of the molecule is O=C(NCCCNCCCOc1ccc(Br)cc1Br)Nc1ccc(C(F)(F)F)cc1. The highest BCUT2D eigenvalue weighted by atomic mass is 79.9. The predicted molar refractivity (Wildman–Crippen MR) is 118 cm³/mol. The summed E-state index contributed by atoms with van der Waals surface area (Å²) in [5, 5.41) is 8.43. The van der Waals surface area contributed by atoms with E-state index in [1.807, 2.05) is 18.2 Å². The van der Waals surface area contributed by atoms with Crippen molar-refractivity contribution in [2.24, 2.45) is 0 Å². The van der Waals surface area contributed by atoms with Crippen LogP contribution >= 0.6 is 31.9 Å². The van der Waals surface area contributed by atoms with Crippen LogP contribution in [-0.2, 0) is 6.18 Å². The molecule has 0 aliphatic heterocycles. The lowest BCUT2D eigenvalue weighted by Crippen LogP contribution is -2.31. The number of hydrogen-bond acceptors (Lipinski definition) is 3. The minimum absolute atomic E-state index is 0.302. The van der Waals surface area contributed by atoms with Crippen molar-refractivity contribution in [1.82, 2.24) is 10.6 Å². The lowest BCUT2D eigenvalue weighted by molar-refractivity contribution is -0.137. The largest absolute Gasteiger partial charge is 0.492 e. The van der Waals surface area contributed by atoms with Crippen molar-refractivity contribution in [1.29, 1.82) is 0 Å². The van der Waals surface area contributed by atoms with Gasteiger partial charge in [0.2, 0.25) is 0 Å². The first-order valence-electron chi connectivity index (χ1n) is 9.26. The highest BCUT2D eigenvalue weighted by molar-refractivity contribution is 9.11. The molecule has 2 amide bonds. The average Bonchev–Trinajstić information content (AvgIpc) is 2.68. The summed E-state index contributed by atoms with van der Waals surface area (Å²) in [6, 6.07) is 9.58. The van der Waals surface area contributed by atoms with E-state index in [9.17, 15) is 18.0 Å². The molecule has 2 aromatic rings. The molecule has 0 aliphatic rings. The fourth-order valence-corrected chi connectivity index (χ4v) is 3.59. The van der Waals surface area contributed by atoms with Crippen LogP contribution in [0.1, 0.15) is 18.4 Å². The number of halogens is 5. The van der Waals surface area contributed by atoms with Gasteiger partial charge in [-0.3, -0.25) is 0 Å². The molecule has 0 spiro atoms. The molecule has 30 heavy (non-hydrogen) atoms. The Morgan fingerprint density at radius 2 is 1.67 bits per heavy atom. The van der Waals surface area contributed by atoms with E-state index in [2.05, 4.69) is 47.8 Å². The van der Waals surface area contributed by atoms with Crippen LogP contribution in [0, 0.1) is 0 Å². The molecule has 0 atom stereocenters. The first-order valence-corrected chi connectivity index (χ1v) is 10.8. The molecule has 0 unspecified atom stereocenters. The van der Waals surface area contributed by atoms with Gasteiger partial charge in [-0.2, -0.15) is 13.2 Å². The molecular formula is C20H22Br2F3N3O2. The monoisotopic (exact) mass is 551 g/mol. The number of nitrogens with one attached hydrogen (secondary N) is 3. The molecule has 0 aromatic heterocycles. The van der Waals surface area contributed by atoms with Crippen LogP contribution in [0.15, 0.2) is 51.4 Å². The van der Waals surface area contributed by atoms with E-state index >= 15 is 0 Å². The zero-order chi connectivity index (χ0) is 22.0. The third kappa shape index (κ3) is 8.93. The minimum Gasteiger partial charge on any atom is -0.492 e. The lowest BCUT2D eigenvalue weighted by Gasteiger charge is -2.10. The molecule has 0 saturated carbocycles. The molecule has 0 aliphatic carbocycles. The number of benzene rings is 2. The first kappa shape index (κ1) is 24.5. The van der Waals surface area contributed by atoms with E-state index in [4.69, 9.17) is 4.74 Å². The van der Waals surface area contributed by atoms with Crippen molar-refractivity contribution >= 4 is 43.6 Å². The Bertz CT molecular complexity index is 818. The molecule has 2 aromatic carbocycles. The van der Waals surface area contributed by atoms with Crippen molar-refractivity contribution in [2.75, 3.05) is 31.6 Å². The number of anilines is 1. The van der Waals surface area contributed by atoms with E-state index in [0.717, 1.165) is 52.8 Å². The van der Waals surface area contributed by atoms with Crippen molar-refractivity contribution in [2.45, 2.75) is 19.0 Å². The van der Waals surface area contributed by atoms with Crippen molar-refractivity contribution in [3.05, 3.63) is 57.0 Å². The van der Waals surface area contributed by atoms with E-state index in [-0.39, 0.29) is 0 Å². The van der Waals surface area contributed by atoms with E-state index in [0.29, 0.717) is 18.8 Å². The predicted octanol–water partition coefficient (Wildman–Crippen LogP) is 5.80. The zero-order valence-corrected chi connectivity index (χ0v) is 19.2. The fourth-order valence-electron chi connectivity index (χ4n) is 2.43. The molecule has 5 nitrogen and oxygen atoms in total. The quantitative estimate of drug-likeness (QED) is 0.326. The Morgan fingerprint density at radius 3 is 2.33 bits per heavy atom. The van der Waals surface area contributed by atoms with Crippen LogP contribution < -0.4 is 20.7 Å². The number of alkyl halides is 3. The number of amides is 2. The van der Waals surface area contributed by atoms with Gasteiger partial charge in [-0.1, -0.05) is 15.9 Å². The standard InChI is InChI=1S/C20H22Br2F3N3O2/c21-15-5-8-18(17(22)13-15)30-12-2-10-26-9-1-11-27-19(29)28-16-6-3-14(4-7-16)20(23,24)25/h3-8,13,26H,1-2,9-12H2,(H2,27,28,29). The Morgan fingerprint density at radius 1 is 0.967 bits per heavy atom. The molecule has 0 radical (unpaired) electrons. The molecule has 10 heteroatoms. The maximum Gasteiger partial charge on any atom is 0.416 e. The van der Waals surface area contributed by atoms with Gasteiger partial charge in [0, 0.05) is 16.7 Å². The van der Waals surface area contributed by atoms with Gasteiger partial charge in [-0.15, -0.1) is 0 Å². The first-order chi connectivity index (χ1) is 14.3. The highest BCUT2D eigenvalue weighted by Gasteiger charge is 2.29. The Hall–Kier alpha value is -1.78. The maximum atomic E-state index is 12.5. The molecule has 2 rings (SSSR count). The van der Waals surface area contributed by atoms with Gasteiger partial charge in [-0.05, 0) is 84.3 Å². The number of carbonyl (C=O) groups excluding carboxylic acids is 1. The molecular weight excluding hydrogens is 531 g/mol. The smallest absolute Gasteiger partial charge is 0.416 e. The van der Waals surface area contributed by atoms with E-state index in [1.54, 1.807) is 0 Å². The molecule has 0 saturated heterocycles. The topological polar surface area (TPSA) is 62.4 Å². The van der Waals surface area contributed by atoms with Gasteiger partial charge in [-0.25, -0.2) is 4.79 Å². The Balaban J connectivity index is 1.50. The van der Waals surface area contributed by atoms with Crippen molar-refractivity contribution < 1.29 is 22.7 Å². The average molecular weight is 553 g/mol. The fraction of sp³-hybridized carbons (Fsp3) is 0.350. The van der Waals surface area contributed by atoms with Gasteiger partial charge in [0.15, 0.2) is 0 Å². The number of rotatable bonds is 10. The summed E-state index contributed by atoms with van der Waals surface area (Å²) in [5.41, 5.74) is -0.453. The Labute approximate surface area is 190 Å². The van der Waals surface area contributed by atoms with Crippen LogP contribution in [0.4, 0.5) is 23.7 Å². The molecule has 164 valence electrons. The molecule has 0 heterocycles. The number of carbonyl (C=O) groups is 1. The summed E-state index contributed by atoms with van der Waals surface area (Å²) >= 11 is 6.84. The number of ether oxygens (including phenoxy) is 1. The van der Waals surface area contributed by atoms with Crippen LogP contribution in [0.2, 0.25) is 0 Å². The molecule has 0 fully saturated rings. The summed E-state index contributed by atoms with van der Waals surface area (Å²) in [6.45, 7) is 2.54. The summed E-state index contributed by atoms with van der Waals surface area (Å²) in [6.07, 6.45) is -2.83. The lowest BCUT2D eigenvalue weighted by atomic mass is 10.2. The van der Waals surface area contributed by atoms with Crippen LogP contribution in [0.25, 0.3) is 0 Å². The number of urea groups is 1. The van der Waals surface area contributed by atoms with Gasteiger partial charge in [0.05, 0.1) is 16.6 Å². The van der Waals surface area contributed by atoms with Crippen molar-refractivity contribution in [3.63, 3.8) is 0 Å². The molecule has 3 N–H and O–H groups in total. The second-order valence-electron chi connectivity index (χ2n) is 6.34. The zero-order valence-electron chi connectivity index (χ0n) is 16.0. The van der Waals surface area contributed by atoms with Crippen LogP contribution in [-0.4, -0.2) is 32.3 Å². The summed E-state index contributed by atoms with van der Waals surface area (Å²) < 4.78 is 45.1. The van der Waals surface area contributed by atoms with Gasteiger partial charge >= 0.3 is 12.2 Å². The van der Waals surface area contributed by atoms with Crippen molar-refractivity contribution in [3.8, 4) is 5.75 Å². The van der Waals surface area contributed by atoms with Gasteiger partial charge in [0.25, 0.3) is 0 Å².